The SMILES string of the molecule is CCCC(C)NC(=O)Nc1ccnn1C1CNC1. The Labute approximate surface area is 107 Å². The zero-order valence-electron chi connectivity index (χ0n) is 10.9. The lowest BCUT2D eigenvalue weighted by Gasteiger charge is -2.28. The summed E-state index contributed by atoms with van der Waals surface area (Å²) < 4.78 is 1.86. The highest BCUT2D eigenvalue weighted by atomic mass is 16.2. The number of nitrogens with zero attached hydrogens (tertiary/aromatic N) is 2. The van der Waals surface area contributed by atoms with Crippen LogP contribution in [0.5, 0.6) is 0 Å². The fourth-order valence-electron chi connectivity index (χ4n) is 2.03. The third-order valence-electron chi connectivity index (χ3n) is 3.12. The van der Waals surface area contributed by atoms with Crippen LogP contribution in [0.1, 0.15) is 32.7 Å². The normalized spacial score (nSPS) is 17.0. The smallest absolute Gasteiger partial charge is 0.320 e. The highest BCUT2D eigenvalue weighted by Gasteiger charge is 2.22. The number of rotatable bonds is 5. The average Bonchev–Trinajstić information content (AvgIpc) is 2.63. The molecule has 100 valence electrons. The maximum Gasteiger partial charge on any atom is 0.320 e. The Kier molecular flexibility index (Phi) is 4.19. The second kappa shape index (κ2) is 5.86. The van der Waals surface area contributed by atoms with Crippen molar-refractivity contribution in [1.29, 1.82) is 0 Å². The van der Waals surface area contributed by atoms with E-state index in [2.05, 4.69) is 28.0 Å². The first-order valence-electron chi connectivity index (χ1n) is 6.52. The van der Waals surface area contributed by atoms with Crippen molar-refractivity contribution in [2.45, 2.75) is 38.8 Å². The molecule has 0 saturated carbocycles. The van der Waals surface area contributed by atoms with Crippen LogP contribution in [0.25, 0.3) is 0 Å². The summed E-state index contributed by atoms with van der Waals surface area (Å²) in [5, 5.41) is 13.2. The van der Waals surface area contributed by atoms with Gasteiger partial charge in [-0.1, -0.05) is 13.3 Å². The summed E-state index contributed by atoms with van der Waals surface area (Å²) in [6.07, 6.45) is 3.76. The maximum absolute atomic E-state index is 11.8. The molecule has 0 spiro atoms. The molecule has 1 atom stereocenters. The van der Waals surface area contributed by atoms with Gasteiger partial charge in [-0.2, -0.15) is 5.10 Å². The Bertz CT molecular complexity index is 399. The summed E-state index contributed by atoms with van der Waals surface area (Å²) in [5.74, 6) is 0.752. The minimum absolute atomic E-state index is 0.162. The number of aromatic nitrogens is 2. The van der Waals surface area contributed by atoms with E-state index in [0.29, 0.717) is 6.04 Å². The van der Waals surface area contributed by atoms with Crippen LogP contribution in [-0.4, -0.2) is 34.9 Å². The Balaban J connectivity index is 1.88. The molecule has 1 unspecified atom stereocenters. The van der Waals surface area contributed by atoms with Crippen molar-refractivity contribution in [1.82, 2.24) is 20.4 Å². The lowest BCUT2D eigenvalue weighted by atomic mass is 10.2. The van der Waals surface area contributed by atoms with Gasteiger partial charge < -0.3 is 10.6 Å². The molecule has 2 heterocycles. The zero-order chi connectivity index (χ0) is 13.0. The van der Waals surface area contributed by atoms with Crippen molar-refractivity contribution in [3.05, 3.63) is 12.3 Å². The average molecular weight is 251 g/mol. The second-order valence-corrected chi connectivity index (χ2v) is 4.76. The lowest BCUT2D eigenvalue weighted by Crippen LogP contribution is -2.44. The minimum Gasteiger partial charge on any atom is -0.335 e. The number of carbonyl (C=O) groups is 1. The lowest BCUT2D eigenvalue weighted by molar-refractivity contribution is 0.248. The van der Waals surface area contributed by atoms with Gasteiger partial charge in [-0.05, 0) is 13.3 Å². The highest BCUT2D eigenvalue weighted by molar-refractivity contribution is 5.88. The highest BCUT2D eigenvalue weighted by Crippen LogP contribution is 2.17. The number of nitrogens with one attached hydrogen (secondary N) is 3. The molecule has 1 aromatic rings. The van der Waals surface area contributed by atoms with Gasteiger partial charge in [-0.25, -0.2) is 9.48 Å². The van der Waals surface area contributed by atoms with E-state index in [9.17, 15) is 4.79 Å². The van der Waals surface area contributed by atoms with Crippen molar-refractivity contribution in [2.75, 3.05) is 18.4 Å². The number of amides is 2. The van der Waals surface area contributed by atoms with Gasteiger partial charge in [-0.15, -0.1) is 0 Å². The van der Waals surface area contributed by atoms with E-state index in [1.54, 1.807) is 6.20 Å². The van der Waals surface area contributed by atoms with Gasteiger partial charge in [0.25, 0.3) is 0 Å². The fraction of sp³-hybridized carbons (Fsp3) is 0.667. The van der Waals surface area contributed by atoms with E-state index in [0.717, 1.165) is 31.7 Å². The van der Waals surface area contributed by atoms with E-state index in [1.807, 2.05) is 17.7 Å². The summed E-state index contributed by atoms with van der Waals surface area (Å²) in [6, 6.07) is 2.20. The van der Waals surface area contributed by atoms with Gasteiger partial charge in [0.1, 0.15) is 5.82 Å². The van der Waals surface area contributed by atoms with Crippen LogP contribution in [0.15, 0.2) is 12.3 Å². The summed E-state index contributed by atoms with van der Waals surface area (Å²) >= 11 is 0. The molecule has 0 aromatic carbocycles. The molecule has 18 heavy (non-hydrogen) atoms. The molecule has 1 fully saturated rings. The first-order chi connectivity index (χ1) is 8.70. The summed E-state index contributed by atoms with van der Waals surface area (Å²) in [5.41, 5.74) is 0. The number of hydrogen-bond acceptors (Lipinski definition) is 3. The zero-order valence-corrected chi connectivity index (χ0v) is 10.9. The van der Waals surface area contributed by atoms with E-state index < -0.39 is 0 Å². The van der Waals surface area contributed by atoms with Gasteiger partial charge >= 0.3 is 6.03 Å². The van der Waals surface area contributed by atoms with E-state index in [1.165, 1.54) is 0 Å². The molecule has 1 aliphatic rings. The monoisotopic (exact) mass is 251 g/mol. The Hall–Kier alpha value is -1.56. The molecule has 1 aromatic heterocycles. The van der Waals surface area contributed by atoms with E-state index in [-0.39, 0.29) is 12.1 Å². The van der Waals surface area contributed by atoms with Gasteiger partial charge in [-0.3, -0.25) is 5.32 Å². The molecule has 0 radical (unpaired) electrons. The largest absolute Gasteiger partial charge is 0.335 e. The molecular formula is C12H21N5O. The first-order valence-corrected chi connectivity index (χ1v) is 6.52. The van der Waals surface area contributed by atoms with Crippen LogP contribution < -0.4 is 16.0 Å². The van der Waals surface area contributed by atoms with Gasteiger partial charge in [0.2, 0.25) is 0 Å². The van der Waals surface area contributed by atoms with Crippen molar-refractivity contribution in [3.8, 4) is 0 Å². The topological polar surface area (TPSA) is 71.0 Å². The minimum atomic E-state index is -0.162. The number of hydrogen-bond donors (Lipinski definition) is 3. The standard InChI is InChI=1S/C12H21N5O/c1-3-4-9(2)15-12(18)16-11-5-6-14-17(11)10-7-13-8-10/h5-6,9-10,13H,3-4,7-8H2,1-2H3,(H2,15,16,18). The third kappa shape index (κ3) is 3.01. The Morgan fingerprint density at radius 1 is 1.67 bits per heavy atom. The van der Waals surface area contributed by atoms with Crippen molar-refractivity contribution >= 4 is 11.8 Å². The molecule has 0 aliphatic carbocycles. The quantitative estimate of drug-likeness (QED) is 0.739. The molecular weight excluding hydrogens is 230 g/mol. The van der Waals surface area contributed by atoms with Crippen molar-refractivity contribution in [3.63, 3.8) is 0 Å². The van der Waals surface area contributed by atoms with Crippen LogP contribution in [0.3, 0.4) is 0 Å². The molecule has 0 bridgehead atoms. The third-order valence-corrected chi connectivity index (χ3v) is 3.12. The molecule has 3 N–H and O–H groups in total. The number of anilines is 1. The van der Waals surface area contributed by atoms with Crippen LogP contribution in [0.2, 0.25) is 0 Å². The molecule has 2 amide bonds. The van der Waals surface area contributed by atoms with Gasteiger partial charge in [0.15, 0.2) is 0 Å². The first kappa shape index (κ1) is 12.9. The van der Waals surface area contributed by atoms with E-state index >= 15 is 0 Å². The molecule has 2 rings (SSSR count). The maximum atomic E-state index is 11.8. The van der Waals surface area contributed by atoms with Crippen LogP contribution >= 0.6 is 0 Å². The van der Waals surface area contributed by atoms with Crippen LogP contribution in [0.4, 0.5) is 10.6 Å². The van der Waals surface area contributed by atoms with Gasteiger partial charge in [0, 0.05) is 25.2 Å². The van der Waals surface area contributed by atoms with E-state index in [4.69, 9.17) is 0 Å². The fourth-order valence-corrected chi connectivity index (χ4v) is 2.03. The predicted molar refractivity (Wildman–Crippen MR) is 70.7 cm³/mol. The summed E-state index contributed by atoms with van der Waals surface area (Å²) in [6.45, 7) is 5.93. The second-order valence-electron chi connectivity index (χ2n) is 4.76. The van der Waals surface area contributed by atoms with Gasteiger partial charge in [0.05, 0.1) is 12.2 Å². The predicted octanol–water partition coefficient (Wildman–Crippen LogP) is 1.34. The molecule has 6 heteroatoms. The Morgan fingerprint density at radius 2 is 2.44 bits per heavy atom. The molecule has 6 nitrogen and oxygen atoms in total. The number of carbonyl (C=O) groups excluding carboxylic acids is 1. The number of urea groups is 1. The summed E-state index contributed by atoms with van der Waals surface area (Å²) in [4.78, 5) is 11.8. The van der Waals surface area contributed by atoms with Crippen LogP contribution in [0, 0.1) is 0 Å². The molecule has 1 saturated heterocycles. The molecule has 1 aliphatic heterocycles. The summed E-state index contributed by atoms with van der Waals surface area (Å²) in [7, 11) is 0. The van der Waals surface area contributed by atoms with Crippen molar-refractivity contribution < 1.29 is 4.79 Å². The van der Waals surface area contributed by atoms with Crippen LogP contribution in [-0.2, 0) is 0 Å². The van der Waals surface area contributed by atoms with Crippen molar-refractivity contribution in [2.24, 2.45) is 0 Å². The Morgan fingerprint density at radius 3 is 3.06 bits per heavy atom.